The first kappa shape index (κ1) is 14.3. The number of nitrogens with one attached hydrogen (secondary N) is 1. The molecule has 3 rings (SSSR count). The van der Waals surface area contributed by atoms with E-state index in [4.69, 9.17) is 10.5 Å². The summed E-state index contributed by atoms with van der Waals surface area (Å²) in [6.07, 6.45) is 0. The fraction of sp³-hybridized carbons (Fsp3) is 0.0625. The topological polar surface area (TPSA) is 88.3 Å². The Bertz CT molecular complexity index is 858. The van der Waals surface area contributed by atoms with E-state index in [-0.39, 0.29) is 5.69 Å². The lowest BCUT2D eigenvalue weighted by Crippen LogP contribution is -1.98. The molecule has 0 fully saturated rings. The van der Waals surface area contributed by atoms with Gasteiger partial charge >= 0.3 is 5.97 Å². The van der Waals surface area contributed by atoms with Gasteiger partial charge in [0, 0.05) is 21.5 Å². The molecule has 5 nitrogen and oxygen atoms in total. The minimum Gasteiger partial charge on any atom is -0.497 e. The van der Waals surface area contributed by atoms with Gasteiger partial charge in [0.1, 0.15) is 11.4 Å². The van der Waals surface area contributed by atoms with Gasteiger partial charge in [0.2, 0.25) is 0 Å². The number of nitrogens with two attached hydrogens (primary N) is 1. The minimum absolute atomic E-state index is 0.150. The van der Waals surface area contributed by atoms with Gasteiger partial charge < -0.3 is 20.6 Å². The van der Waals surface area contributed by atoms with Crippen molar-refractivity contribution >= 4 is 34.3 Å². The molecule has 3 aromatic rings. The van der Waals surface area contributed by atoms with E-state index >= 15 is 0 Å². The van der Waals surface area contributed by atoms with Crippen molar-refractivity contribution in [3.8, 4) is 5.75 Å². The number of nitrogen functional groups attached to an aromatic ring is 1. The molecule has 0 radical (unpaired) electrons. The Morgan fingerprint density at radius 3 is 2.73 bits per heavy atom. The van der Waals surface area contributed by atoms with Crippen LogP contribution in [0.5, 0.6) is 5.75 Å². The number of fused-ring (bicyclic) bond motifs is 1. The summed E-state index contributed by atoms with van der Waals surface area (Å²) in [6.45, 7) is 0. The van der Waals surface area contributed by atoms with Gasteiger partial charge in [-0.2, -0.15) is 0 Å². The lowest BCUT2D eigenvalue weighted by atomic mass is 10.2. The molecule has 0 aliphatic carbocycles. The number of carboxylic acid groups (broad SMARTS) is 1. The van der Waals surface area contributed by atoms with Crippen molar-refractivity contribution in [1.82, 2.24) is 4.98 Å². The average molecular weight is 314 g/mol. The zero-order valence-electron chi connectivity index (χ0n) is 11.8. The smallest absolute Gasteiger partial charge is 0.353 e. The maximum absolute atomic E-state index is 11.5. The van der Waals surface area contributed by atoms with Gasteiger partial charge in [-0.15, -0.1) is 0 Å². The largest absolute Gasteiger partial charge is 0.497 e. The van der Waals surface area contributed by atoms with Crippen molar-refractivity contribution in [3.05, 3.63) is 48.2 Å². The molecule has 0 bridgehead atoms. The van der Waals surface area contributed by atoms with Crippen LogP contribution in [0.1, 0.15) is 10.5 Å². The summed E-state index contributed by atoms with van der Waals surface area (Å²) in [5.41, 5.74) is 7.47. The summed E-state index contributed by atoms with van der Waals surface area (Å²) in [5, 5.41) is 10.2. The number of methoxy groups -OCH3 is 1. The van der Waals surface area contributed by atoms with Crippen molar-refractivity contribution < 1.29 is 14.6 Å². The predicted octanol–water partition coefficient (Wildman–Crippen LogP) is 3.61. The number of ether oxygens (including phenoxy) is 1. The Hall–Kier alpha value is -2.60. The van der Waals surface area contributed by atoms with E-state index in [9.17, 15) is 9.90 Å². The first-order valence-corrected chi connectivity index (χ1v) is 7.37. The van der Waals surface area contributed by atoms with E-state index in [1.807, 2.05) is 24.3 Å². The standard InChI is InChI=1S/C16H14N2O3S/c1-21-9-6-7-12-10(8-9)15(14(18-12)16(19)20)22-13-5-3-2-4-11(13)17/h2-8,18H,17H2,1H3,(H,19,20). The Balaban J connectivity index is 2.19. The summed E-state index contributed by atoms with van der Waals surface area (Å²) in [6, 6.07) is 12.8. The number of hydrogen-bond donors (Lipinski definition) is 3. The average Bonchev–Trinajstić information content (AvgIpc) is 2.87. The Morgan fingerprint density at radius 2 is 2.05 bits per heavy atom. The van der Waals surface area contributed by atoms with Gasteiger partial charge in [-0.3, -0.25) is 0 Å². The number of aromatic carboxylic acids is 1. The van der Waals surface area contributed by atoms with Crippen molar-refractivity contribution in [3.63, 3.8) is 0 Å². The third-order valence-corrected chi connectivity index (χ3v) is 4.52. The Labute approximate surface area is 131 Å². The molecule has 0 atom stereocenters. The van der Waals surface area contributed by atoms with E-state index in [0.717, 1.165) is 15.8 Å². The molecule has 0 saturated heterocycles. The highest BCUT2D eigenvalue weighted by molar-refractivity contribution is 7.99. The number of aromatic nitrogens is 1. The SMILES string of the molecule is COc1ccc2[nH]c(C(=O)O)c(Sc3ccccc3N)c2c1. The summed E-state index contributed by atoms with van der Waals surface area (Å²) >= 11 is 1.33. The Morgan fingerprint density at radius 1 is 1.27 bits per heavy atom. The molecular formula is C16H14N2O3S. The predicted molar refractivity (Wildman–Crippen MR) is 86.8 cm³/mol. The van der Waals surface area contributed by atoms with Crippen LogP contribution in [0.2, 0.25) is 0 Å². The van der Waals surface area contributed by atoms with E-state index in [1.165, 1.54) is 11.8 Å². The molecule has 112 valence electrons. The summed E-state index contributed by atoms with van der Waals surface area (Å²) in [7, 11) is 1.58. The number of carbonyl (C=O) groups is 1. The van der Waals surface area contributed by atoms with Gasteiger partial charge in [-0.1, -0.05) is 23.9 Å². The summed E-state index contributed by atoms with van der Waals surface area (Å²) in [5.74, 6) is -0.335. The molecule has 0 saturated carbocycles. The first-order valence-electron chi connectivity index (χ1n) is 6.55. The molecule has 0 amide bonds. The highest BCUT2D eigenvalue weighted by atomic mass is 32.2. The molecule has 22 heavy (non-hydrogen) atoms. The maximum atomic E-state index is 11.5. The summed E-state index contributed by atoms with van der Waals surface area (Å²) < 4.78 is 5.23. The second-order valence-corrected chi connectivity index (χ2v) is 5.74. The number of hydrogen-bond acceptors (Lipinski definition) is 4. The molecule has 0 unspecified atom stereocenters. The van der Waals surface area contributed by atoms with Crippen LogP contribution in [-0.2, 0) is 0 Å². The molecule has 6 heteroatoms. The number of carboxylic acids is 1. The van der Waals surface area contributed by atoms with Crippen LogP contribution in [0, 0.1) is 0 Å². The molecule has 1 aromatic heterocycles. The van der Waals surface area contributed by atoms with Gasteiger partial charge in [0.05, 0.1) is 12.0 Å². The van der Waals surface area contributed by atoms with Crippen LogP contribution >= 0.6 is 11.8 Å². The van der Waals surface area contributed by atoms with Crippen LogP contribution in [0.25, 0.3) is 10.9 Å². The fourth-order valence-electron chi connectivity index (χ4n) is 2.21. The van der Waals surface area contributed by atoms with Gasteiger partial charge in [-0.05, 0) is 30.3 Å². The number of benzene rings is 2. The second-order valence-electron chi connectivity index (χ2n) is 4.69. The molecule has 0 aliphatic heterocycles. The van der Waals surface area contributed by atoms with E-state index < -0.39 is 5.97 Å². The van der Waals surface area contributed by atoms with E-state index in [1.54, 1.807) is 25.3 Å². The molecule has 2 aromatic carbocycles. The third-order valence-electron chi connectivity index (χ3n) is 3.30. The first-order chi connectivity index (χ1) is 10.6. The van der Waals surface area contributed by atoms with Crippen LogP contribution in [0.3, 0.4) is 0 Å². The van der Waals surface area contributed by atoms with Crippen molar-refractivity contribution in [1.29, 1.82) is 0 Å². The molecule has 1 heterocycles. The molecular weight excluding hydrogens is 300 g/mol. The third kappa shape index (κ3) is 2.48. The van der Waals surface area contributed by atoms with Crippen LogP contribution in [0.15, 0.2) is 52.3 Å². The Kier molecular flexibility index (Phi) is 3.68. The zero-order valence-corrected chi connectivity index (χ0v) is 12.6. The molecule has 0 spiro atoms. The van der Waals surface area contributed by atoms with Crippen molar-refractivity contribution in [2.24, 2.45) is 0 Å². The van der Waals surface area contributed by atoms with Crippen molar-refractivity contribution in [2.45, 2.75) is 9.79 Å². The molecule has 0 aliphatic rings. The molecule has 4 N–H and O–H groups in total. The number of aromatic amines is 1. The van der Waals surface area contributed by atoms with Crippen molar-refractivity contribution in [2.75, 3.05) is 12.8 Å². The number of para-hydroxylation sites is 1. The summed E-state index contributed by atoms with van der Waals surface area (Å²) in [4.78, 5) is 15.9. The lowest BCUT2D eigenvalue weighted by molar-refractivity contribution is 0.0688. The van der Waals surface area contributed by atoms with E-state index in [0.29, 0.717) is 16.3 Å². The van der Waals surface area contributed by atoms with Crippen LogP contribution in [-0.4, -0.2) is 23.2 Å². The van der Waals surface area contributed by atoms with E-state index in [2.05, 4.69) is 4.98 Å². The fourth-order valence-corrected chi connectivity index (χ4v) is 3.28. The van der Waals surface area contributed by atoms with Crippen LogP contribution < -0.4 is 10.5 Å². The minimum atomic E-state index is -1.01. The maximum Gasteiger partial charge on any atom is 0.353 e. The van der Waals surface area contributed by atoms with Gasteiger partial charge in [0.15, 0.2) is 0 Å². The number of anilines is 1. The number of rotatable bonds is 4. The number of H-pyrrole nitrogens is 1. The second kappa shape index (κ2) is 5.65. The monoisotopic (exact) mass is 314 g/mol. The highest BCUT2D eigenvalue weighted by Gasteiger charge is 2.19. The highest BCUT2D eigenvalue weighted by Crippen LogP contribution is 2.40. The van der Waals surface area contributed by atoms with Gasteiger partial charge in [0.25, 0.3) is 0 Å². The quantitative estimate of drug-likeness (QED) is 0.640. The lowest BCUT2D eigenvalue weighted by Gasteiger charge is -2.06. The normalized spacial score (nSPS) is 10.8. The van der Waals surface area contributed by atoms with Crippen LogP contribution in [0.4, 0.5) is 5.69 Å². The van der Waals surface area contributed by atoms with Gasteiger partial charge in [-0.25, -0.2) is 4.79 Å². The zero-order chi connectivity index (χ0) is 15.7.